The summed E-state index contributed by atoms with van der Waals surface area (Å²) in [4.78, 5) is 41.5. The molecule has 2 fully saturated rings. The van der Waals surface area contributed by atoms with E-state index in [1.165, 1.54) is 0 Å². The Morgan fingerprint density at radius 2 is 1.75 bits per heavy atom. The molecule has 1 saturated carbocycles. The van der Waals surface area contributed by atoms with Crippen molar-refractivity contribution in [1.82, 2.24) is 15.1 Å². The topological polar surface area (TPSA) is 79.0 Å². The van der Waals surface area contributed by atoms with Crippen molar-refractivity contribution in [2.24, 2.45) is 0 Å². The van der Waals surface area contributed by atoms with E-state index in [1.54, 1.807) is 12.1 Å². The van der Waals surface area contributed by atoms with Gasteiger partial charge in [-0.05, 0) is 42.2 Å². The lowest BCUT2D eigenvalue weighted by molar-refractivity contribution is -0.122. The standard InChI is InChI=1S/C25H27N3O4/c29-23(26-20-7-8-20)16-27-10-12-28(13-11-27)24(30)18-6-9-21-19(14-18)15-22(32-25(21)31)17-4-2-1-3-5-17/h1-6,9,14,20,22H,7-8,10-13,15-16H2,(H,26,29)/t22-/m0/s1. The molecule has 7 heteroatoms. The van der Waals surface area contributed by atoms with Crippen molar-refractivity contribution in [1.29, 1.82) is 0 Å². The second-order valence-corrected chi connectivity index (χ2v) is 8.79. The van der Waals surface area contributed by atoms with Gasteiger partial charge in [-0.2, -0.15) is 0 Å². The molecule has 2 aromatic rings. The molecule has 1 aliphatic carbocycles. The van der Waals surface area contributed by atoms with Crippen LogP contribution in [0.5, 0.6) is 0 Å². The highest BCUT2D eigenvalue weighted by Gasteiger charge is 2.30. The summed E-state index contributed by atoms with van der Waals surface area (Å²) in [7, 11) is 0. The Balaban J connectivity index is 1.22. The van der Waals surface area contributed by atoms with Crippen LogP contribution in [0.4, 0.5) is 0 Å². The van der Waals surface area contributed by atoms with Crippen molar-refractivity contribution in [2.75, 3.05) is 32.7 Å². The number of carbonyl (C=O) groups excluding carboxylic acids is 3. The monoisotopic (exact) mass is 433 g/mol. The van der Waals surface area contributed by atoms with Gasteiger partial charge in [-0.3, -0.25) is 14.5 Å². The molecular formula is C25H27N3O4. The number of benzene rings is 2. The van der Waals surface area contributed by atoms with Crippen LogP contribution in [0.2, 0.25) is 0 Å². The number of fused-ring (bicyclic) bond motifs is 1. The zero-order chi connectivity index (χ0) is 22.1. The third-order valence-corrected chi connectivity index (χ3v) is 6.37. The zero-order valence-electron chi connectivity index (χ0n) is 18.0. The number of hydrogen-bond donors (Lipinski definition) is 1. The van der Waals surface area contributed by atoms with Crippen LogP contribution >= 0.6 is 0 Å². The minimum absolute atomic E-state index is 0.0370. The first-order valence-corrected chi connectivity index (χ1v) is 11.3. The fourth-order valence-corrected chi connectivity index (χ4v) is 4.38. The van der Waals surface area contributed by atoms with Crippen LogP contribution in [-0.4, -0.2) is 66.3 Å². The van der Waals surface area contributed by atoms with Gasteiger partial charge in [-0.1, -0.05) is 30.3 Å². The van der Waals surface area contributed by atoms with Crippen LogP contribution in [0.25, 0.3) is 0 Å². The predicted octanol–water partition coefficient (Wildman–Crippen LogP) is 2.18. The minimum atomic E-state index is -0.350. The second-order valence-electron chi connectivity index (χ2n) is 8.79. The van der Waals surface area contributed by atoms with Gasteiger partial charge in [0.1, 0.15) is 6.10 Å². The van der Waals surface area contributed by atoms with Crippen molar-refractivity contribution < 1.29 is 19.1 Å². The van der Waals surface area contributed by atoms with Gasteiger partial charge in [0.05, 0.1) is 12.1 Å². The molecule has 0 spiro atoms. The van der Waals surface area contributed by atoms with Gasteiger partial charge >= 0.3 is 5.97 Å². The Bertz CT molecular complexity index is 1030. The van der Waals surface area contributed by atoms with E-state index in [-0.39, 0.29) is 23.9 Å². The van der Waals surface area contributed by atoms with Gasteiger partial charge in [-0.15, -0.1) is 0 Å². The van der Waals surface area contributed by atoms with Gasteiger partial charge in [0.25, 0.3) is 5.91 Å². The number of carbonyl (C=O) groups is 3. The van der Waals surface area contributed by atoms with Crippen LogP contribution in [0.15, 0.2) is 48.5 Å². The fourth-order valence-electron chi connectivity index (χ4n) is 4.38. The predicted molar refractivity (Wildman–Crippen MR) is 118 cm³/mol. The molecular weight excluding hydrogens is 406 g/mol. The van der Waals surface area contributed by atoms with Crippen molar-refractivity contribution in [2.45, 2.75) is 31.4 Å². The summed E-state index contributed by atoms with van der Waals surface area (Å²) in [6.07, 6.45) is 2.37. The van der Waals surface area contributed by atoms with Crippen LogP contribution in [0.1, 0.15) is 50.8 Å². The molecule has 7 nitrogen and oxygen atoms in total. The lowest BCUT2D eigenvalue weighted by atomic mass is 9.93. The first-order chi connectivity index (χ1) is 15.6. The second kappa shape index (κ2) is 8.74. The van der Waals surface area contributed by atoms with E-state index in [0.29, 0.717) is 56.3 Å². The SMILES string of the molecule is O=C(CN1CCN(C(=O)c2ccc3c(c2)C[C@@H](c2ccccc2)OC3=O)CC1)NC1CC1. The van der Waals surface area contributed by atoms with Crippen molar-refractivity contribution in [3.63, 3.8) is 0 Å². The highest BCUT2D eigenvalue weighted by molar-refractivity contribution is 5.98. The smallest absolute Gasteiger partial charge is 0.339 e. The molecule has 0 unspecified atom stereocenters. The van der Waals surface area contributed by atoms with E-state index in [1.807, 2.05) is 41.3 Å². The van der Waals surface area contributed by atoms with E-state index in [0.717, 1.165) is 24.0 Å². The van der Waals surface area contributed by atoms with Crippen LogP contribution < -0.4 is 5.32 Å². The average Bonchev–Trinajstić information content (AvgIpc) is 3.63. The van der Waals surface area contributed by atoms with Crippen LogP contribution in [0.3, 0.4) is 0 Å². The molecule has 2 aromatic carbocycles. The molecule has 0 bridgehead atoms. The first-order valence-electron chi connectivity index (χ1n) is 11.3. The number of piperazine rings is 1. The summed E-state index contributed by atoms with van der Waals surface area (Å²) >= 11 is 0. The lowest BCUT2D eigenvalue weighted by Crippen LogP contribution is -2.51. The third-order valence-electron chi connectivity index (χ3n) is 6.37. The van der Waals surface area contributed by atoms with E-state index in [9.17, 15) is 14.4 Å². The highest BCUT2D eigenvalue weighted by atomic mass is 16.5. The van der Waals surface area contributed by atoms with Gasteiger partial charge in [-0.25, -0.2) is 4.79 Å². The number of nitrogens with one attached hydrogen (secondary N) is 1. The zero-order valence-corrected chi connectivity index (χ0v) is 18.0. The Morgan fingerprint density at radius 1 is 1.00 bits per heavy atom. The normalized spacial score (nSPS) is 20.9. The first kappa shape index (κ1) is 20.7. The summed E-state index contributed by atoms with van der Waals surface area (Å²) in [5.41, 5.74) is 2.91. The Kier molecular flexibility index (Phi) is 5.66. The molecule has 3 aliphatic rings. The molecule has 0 radical (unpaired) electrons. The molecule has 2 heterocycles. The van der Waals surface area contributed by atoms with Crippen LogP contribution in [0, 0.1) is 0 Å². The van der Waals surface area contributed by atoms with E-state index in [2.05, 4.69) is 10.2 Å². The molecule has 1 atom stereocenters. The summed E-state index contributed by atoms with van der Waals surface area (Å²) in [6.45, 7) is 2.91. The number of amides is 2. The van der Waals surface area contributed by atoms with Crippen LogP contribution in [-0.2, 0) is 16.0 Å². The van der Waals surface area contributed by atoms with E-state index in [4.69, 9.17) is 4.74 Å². The number of cyclic esters (lactones) is 1. The lowest BCUT2D eigenvalue weighted by Gasteiger charge is -2.34. The maximum Gasteiger partial charge on any atom is 0.339 e. The molecule has 5 rings (SSSR count). The maximum atomic E-state index is 13.1. The number of rotatable bonds is 5. The Labute approximate surface area is 187 Å². The molecule has 166 valence electrons. The van der Waals surface area contributed by atoms with Gasteiger partial charge in [0.15, 0.2) is 0 Å². The van der Waals surface area contributed by atoms with E-state index >= 15 is 0 Å². The van der Waals surface area contributed by atoms with Crippen molar-refractivity contribution >= 4 is 17.8 Å². The largest absolute Gasteiger partial charge is 0.454 e. The van der Waals surface area contributed by atoms with Crippen molar-refractivity contribution in [3.8, 4) is 0 Å². The number of hydrogen-bond acceptors (Lipinski definition) is 5. The molecule has 32 heavy (non-hydrogen) atoms. The minimum Gasteiger partial charge on any atom is -0.454 e. The molecule has 1 saturated heterocycles. The molecule has 0 aromatic heterocycles. The summed E-state index contributed by atoms with van der Waals surface area (Å²) in [5.74, 6) is -0.316. The maximum absolute atomic E-state index is 13.1. The third kappa shape index (κ3) is 4.53. The number of nitrogens with zero attached hydrogens (tertiary/aromatic N) is 2. The fraction of sp³-hybridized carbons (Fsp3) is 0.400. The Hall–Kier alpha value is -3.19. The highest BCUT2D eigenvalue weighted by Crippen LogP contribution is 2.31. The van der Waals surface area contributed by atoms with Crippen molar-refractivity contribution in [3.05, 3.63) is 70.8 Å². The molecule has 2 amide bonds. The Morgan fingerprint density at radius 3 is 2.47 bits per heavy atom. The van der Waals surface area contributed by atoms with Gasteiger partial charge in [0.2, 0.25) is 5.91 Å². The molecule has 1 N–H and O–H groups in total. The van der Waals surface area contributed by atoms with E-state index < -0.39 is 0 Å². The van der Waals surface area contributed by atoms with Gasteiger partial charge < -0.3 is 15.0 Å². The summed E-state index contributed by atoms with van der Waals surface area (Å²) < 4.78 is 5.61. The number of ether oxygens (including phenoxy) is 1. The summed E-state index contributed by atoms with van der Waals surface area (Å²) in [6, 6.07) is 15.3. The van der Waals surface area contributed by atoms with Gasteiger partial charge in [0, 0.05) is 44.2 Å². The quantitative estimate of drug-likeness (QED) is 0.732. The summed E-state index contributed by atoms with van der Waals surface area (Å²) in [5, 5.41) is 3.01. The number of esters is 1. The average molecular weight is 434 g/mol. The molecule has 2 aliphatic heterocycles.